The zero-order chi connectivity index (χ0) is 12.2. The maximum Gasteiger partial charge on any atom is 0.0787 e. The molecule has 0 radical (unpaired) electrons. The highest BCUT2D eigenvalue weighted by molar-refractivity contribution is 5.16. The van der Waals surface area contributed by atoms with Crippen molar-refractivity contribution < 1.29 is 5.11 Å². The Morgan fingerprint density at radius 1 is 1.12 bits per heavy atom. The van der Waals surface area contributed by atoms with Gasteiger partial charge in [-0.15, -0.1) is 0 Å². The minimum absolute atomic E-state index is 0.291. The molecule has 92 valence electrons. The zero-order valence-corrected chi connectivity index (χ0v) is 10.7. The van der Waals surface area contributed by atoms with Crippen LogP contribution in [0.1, 0.15) is 45.3 Å². The predicted octanol–water partition coefficient (Wildman–Crippen LogP) is 3.14. The van der Waals surface area contributed by atoms with Crippen molar-refractivity contribution in [3.05, 3.63) is 35.9 Å². The minimum Gasteiger partial charge on any atom is -0.388 e. The van der Waals surface area contributed by atoms with E-state index in [9.17, 15) is 5.11 Å². The zero-order valence-electron chi connectivity index (χ0n) is 10.7. The second-order valence-electron chi connectivity index (χ2n) is 3.69. The van der Waals surface area contributed by atoms with Crippen molar-refractivity contribution in [2.75, 3.05) is 13.1 Å². The van der Waals surface area contributed by atoms with E-state index in [4.69, 9.17) is 0 Å². The molecule has 0 spiro atoms. The van der Waals surface area contributed by atoms with Crippen molar-refractivity contribution in [1.82, 2.24) is 5.32 Å². The molecule has 1 unspecified atom stereocenters. The summed E-state index contributed by atoms with van der Waals surface area (Å²) < 4.78 is 0. The number of rotatable bonds is 5. The van der Waals surface area contributed by atoms with Gasteiger partial charge < -0.3 is 10.4 Å². The van der Waals surface area contributed by atoms with E-state index in [0.717, 1.165) is 25.1 Å². The first-order chi connectivity index (χ1) is 7.76. The molecule has 2 nitrogen and oxygen atoms in total. The fraction of sp³-hybridized carbons (Fsp3) is 0.571. The van der Waals surface area contributed by atoms with Crippen LogP contribution in [-0.4, -0.2) is 18.2 Å². The van der Waals surface area contributed by atoms with Gasteiger partial charge in [-0.25, -0.2) is 0 Å². The average molecular weight is 223 g/mol. The molecule has 2 N–H and O–H groups in total. The molecule has 1 rings (SSSR count). The van der Waals surface area contributed by atoms with Crippen LogP contribution in [0.4, 0.5) is 0 Å². The highest BCUT2D eigenvalue weighted by Gasteiger charge is 2.00. The number of aliphatic hydroxyl groups is 1. The molecule has 1 aromatic carbocycles. The van der Waals surface area contributed by atoms with Crippen LogP contribution < -0.4 is 5.32 Å². The van der Waals surface area contributed by atoms with Crippen molar-refractivity contribution in [2.24, 2.45) is 0 Å². The summed E-state index contributed by atoms with van der Waals surface area (Å²) in [6, 6.07) is 9.70. The second-order valence-corrected chi connectivity index (χ2v) is 3.69. The van der Waals surface area contributed by atoms with Gasteiger partial charge >= 0.3 is 0 Å². The van der Waals surface area contributed by atoms with Crippen LogP contribution in [0, 0.1) is 0 Å². The van der Waals surface area contributed by atoms with E-state index in [2.05, 4.69) is 19.2 Å². The number of benzene rings is 1. The van der Waals surface area contributed by atoms with Gasteiger partial charge in [0.25, 0.3) is 0 Å². The van der Waals surface area contributed by atoms with E-state index < -0.39 is 0 Å². The molecule has 0 aliphatic heterocycles. The van der Waals surface area contributed by atoms with Gasteiger partial charge in [-0.2, -0.15) is 0 Å². The van der Waals surface area contributed by atoms with Gasteiger partial charge in [-0.05, 0) is 31.5 Å². The smallest absolute Gasteiger partial charge is 0.0787 e. The Balaban J connectivity index is 0.000000325. The standard InChI is InChI=1S/C9H12O.C5H13N/c1-2-9(10)8-6-4-3-5-7-8;1-3-5-6-4-2/h3-7,9-10H,2H2,1H3;6H,3-5H2,1-2H3. The lowest BCUT2D eigenvalue weighted by atomic mass is 10.1. The molecular weight excluding hydrogens is 198 g/mol. The fourth-order valence-electron chi connectivity index (χ4n) is 1.26. The maximum atomic E-state index is 9.33. The Hall–Kier alpha value is -0.860. The van der Waals surface area contributed by atoms with Crippen LogP contribution in [0.5, 0.6) is 0 Å². The van der Waals surface area contributed by atoms with Crippen molar-refractivity contribution in [3.63, 3.8) is 0 Å². The predicted molar refractivity (Wildman–Crippen MR) is 70.5 cm³/mol. The van der Waals surface area contributed by atoms with Crippen LogP contribution in [0.2, 0.25) is 0 Å². The minimum atomic E-state index is -0.291. The molecule has 1 aromatic rings. The highest BCUT2D eigenvalue weighted by Crippen LogP contribution is 2.14. The van der Waals surface area contributed by atoms with Gasteiger partial charge in [0, 0.05) is 0 Å². The third kappa shape index (κ3) is 7.43. The fourth-order valence-corrected chi connectivity index (χ4v) is 1.26. The summed E-state index contributed by atoms with van der Waals surface area (Å²) in [4.78, 5) is 0. The van der Waals surface area contributed by atoms with Gasteiger partial charge in [0.15, 0.2) is 0 Å². The first-order valence-corrected chi connectivity index (χ1v) is 6.19. The molecular formula is C14H25NO. The molecule has 0 bridgehead atoms. The molecule has 0 fully saturated rings. The third-order valence-electron chi connectivity index (χ3n) is 2.25. The van der Waals surface area contributed by atoms with E-state index in [1.54, 1.807) is 0 Å². The maximum absolute atomic E-state index is 9.33. The monoisotopic (exact) mass is 223 g/mol. The van der Waals surface area contributed by atoms with E-state index >= 15 is 0 Å². The molecule has 1 atom stereocenters. The summed E-state index contributed by atoms with van der Waals surface area (Å²) in [6.07, 6.45) is 1.74. The second kappa shape index (κ2) is 10.7. The van der Waals surface area contributed by atoms with Crippen LogP contribution >= 0.6 is 0 Å². The SMILES string of the molecule is CCC(O)c1ccccc1.CCCNCC. The Labute approximate surface area is 99.7 Å². The van der Waals surface area contributed by atoms with Crippen LogP contribution in [0.15, 0.2) is 30.3 Å². The normalized spacial score (nSPS) is 11.5. The Morgan fingerprint density at radius 2 is 1.75 bits per heavy atom. The van der Waals surface area contributed by atoms with Gasteiger partial charge in [0.2, 0.25) is 0 Å². The lowest BCUT2D eigenvalue weighted by molar-refractivity contribution is 0.173. The quantitative estimate of drug-likeness (QED) is 0.752. The van der Waals surface area contributed by atoms with Crippen molar-refractivity contribution in [3.8, 4) is 0 Å². The van der Waals surface area contributed by atoms with Gasteiger partial charge in [0.1, 0.15) is 0 Å². The highest BCUT2D eigenvalue weighted by atomic mass is 16.3. The Morgan fingerprint density at radius 3 is 2.12 bits per heavy atom. The van der Waals surface area contributed by atoms with Crippen molar-refractivity contribution >= 4 is 0 Å². The summed E-state index contributed by atoms with van der Waals surface area (Å²) in [5, 5.41) is 12.5. The number of nitrogens with one attached hydrogen (secondary N) is 1. The number of hydrogen-bond donors (Lipinski definition) is 2. The lowest BCUT2D eigenvalue weighted by Gasteiger charge is -2.05. The molecule has 0 amide bonds. The largest absolute Gasteiger partial charge is 0.388 e. The van der Waals surface area contributed by atoms with Gasteiger partial charge in [-0.3, -0.25) is 0 Å². The molecule has 16 heavy (non-hydrogen) atoms. The summed E-state index contributed by atoms with van der Waals surface area (Å²) in [5.74, 6) is 0. The summed E-state index contributed by atoms with van der Waals surface area (Å²) >= 11 is 0. The first-order valence-electron chi connectivity index (χ1n) is 6.19. The summed E-state index contributed by atoms with van der Waals surface area (Å²) in [5.41, 5.74) is 1.00. The Kier molecular flexibility index (Phi) is 10.1. The molecule has 0 saturated heterocycles. The van der Waals surface area contributed by atoms with E-state index in [0.29, 0.717) is 0 Å². The molecule has 0 aliphatic carbocycles. The molecule has 0 aromatic heterocycles. The third-order valence-corrected chi connectivity index (χ3v) is 2.25. The molecule has 0 heterocycles. The average Bonchev–Trinajstić information content (AvgIpc) is 2.37. The number of hydrogen-bond acceptors (Lipinski definition) is 2. The Bertz CT molecular complexity index is 232. The van der Waals surface area contributed by atoms with Crippen molar-refractivity contribution in [1.29, 1.82) is 0 Å². The molecule has 2 heteroatoms. The molecule has 0 aliphatic rings. The first kappa shape index (κ1) is 15.1. The van der Waals surface area contributed by atoms with Crippen LogP contribution in [0.3, 0.4) is 0 Å². The van der Waals surface area contributed by atoms with Gasteiger partial charge in [-0.1, -0.05) is 51.1 Å². The molecule has 0 saturated carbocycles. The van der Waals surface area contributed by atoms with Crippen LogP contribution in [-0.2, 0) is 0 Å². The summed E-state index contributed by atoms with van der Waals surface area (Å²) in [6.45, 7) is 8.53. The topological polar surface area (TPSA) is 32.3 Å². The van der Waals surface area contributed by atoms with Gasteiger partial charge in [0.05, 0.1) is 6.10 Å². The van der Waals surface area contributed by atoms with E-state index in [1.807, 2.05) is 37.3 Å². The van der Waals surface area contributed by atoms with E-state index in [1.165, 1.54) is 6.42 Å². The lowest BCUT2D eigenvalue weighted by Crippen LogP contribution is -2.12. The summed E-state index contributed by atoms with van der Waals surface area (Å²) in [7, 11) is 0. The van der Waals surface area contributed by atoms with Crippen molar-refractivity contribution in [2.45, 2.75) is 39.7 Å². The van der Waals surface area contributed by atoms with Crippen LogP contribution in [0.25, 0.3) is 0 Å². The van der Waals surface area contributed by atoms with E-state index in [-0.39, 0.29) is 6.10 Å². The number of aliphatic hydroxyl groups excluding tert-OH is 1.